The molecule has 0 saturated carbocycles. The zero-order valence-electron chi connectivity index (χ0n) is 5.50. The lowest BCUT2D eigenvalue weighted by atomic mass is 10.2. The first-order valence-electron chi connectivity index (χ1n) is 3.15. The molecule has 2 heteroatoms. The van der Waals surface area contributed by atoms with E-state index in [2.05, 4.69) is 12.6 Å². The van der Waals surface area contributed by atoms with Gasteiger partial charge in [-0.05, 0) is 5.56 Å². The fourth-order valence-electron chi connectivity index (χ4n) is 0.809. The number of halogens is 1. The Morgan fingerprint density at radius 1 is 1.30 bits per heavy atom. The predicted octanol–water partition coefficient (Wildman–Crippen LogP) is 2.45. The van der Waals surface area contributed by atoms with Gasteiger partial charge in [-0.15, -0.1) is 12.6 Å². The minimum absolute atomic E-state index is 0.393. The number of thiol groups is 1. The first-order valence-corrected chi connectivity index (χ1v) is 3.67. The molecule has 1 aromatic rings. The van der Waals surface area contributed by atoms with Crippen LogP contribution in [0.3, 0.4) is 0 Å². The lowest BCUT2D eigenvalue weighted by Gasteiger charge is -1.99. The molecule has 1 unspecified atom stereocenters. The van der Waals surface area contributed by atoms with Crippen LogP contribution in [0, 0.1) is 0 Å². The van der Waals surface area contributed by atoms with Gasteiger partial charge in [0.05, 0.1) is 0 Å². The molecule has 0 amide bonds. The molecule has 0 radical (unpaired) electrons. The second-order valence-electron chi connectivity index (χ2n) is 2.12. The van der Waals surface area contributed by atoms with Crippen LogP contribution in [0.5, 0.6) is 0 Å². The maximum Gasteiger partial charge on any atom is 0.147 e. The van der Waals surface area contributed by atoms with Gasteiger partial charge in [-0.1, -0.05) is 30.3 Å². The molecule has 1 aromatic carbocycles. The van der Waals surface area contributed by atoms with Crippen LogP contribution in [-0.2, 0) is 6.42 Å². The molecule has 0 aromatic heterocycles. The molecule has 0 heterocycles. The topological polar surface area (TPSA) is 0 Å². The monoisotopic (exact) mass is 156 g/mol. The summed E-state index contributed by atoms with van der Waals surface area (Å²) in [4.78, 5) is 0. The summed E-state index contributed by atoms with van der Waals surface area (Å²) in [6.07, 6.45) is 0.393. The molecule has 0 aliphatic carbocycles. The molecular weight excluding hydrogens is 147 g/mol. The van der Waals surface area contributed by atoms with Crippen molar-refractivity contribution in [3.8, 4) is 0 Å². The highest BCUT2D eigenvalue weighted by atomic mass is 32.1. The van der Waals surface area contributed by atoms with E-state index in [-0.39, 0.29) is 0 Å². The smallest absolute Gasteiger partial charge is 0.147 e. The molecule has 10 heavy (non-hydrogen) atoms. The fraction of sp³-hybridized carbons (Fsp3) is 0.250. The third-order valence-electron chi connectivity index (χ3n) is 1.25. The molecule has 54 valence electrons. The maximum atomic E-state index is 12.3. The van der Waals surface area contributed by atoms with Crippen LogP contribution in [-0.4, -0.2) is 5.50 Å². The van der Waals surface area contributed by atoms with E-state index in [4.69, 9.17) is 0 Å². The summed E-state index contributed by atoms with van der Waals surface area (Å²) in [5, 5.41) is 0. The summed E-state index contributed by atoms with van der Waals surface area (Å²) >= 11 is 3.64. The van der Waals surface area contributed by atoms with Crippen molar-refractivity contribution >= 4 is 12.6 Å². The Morgan fingerprint density at radius 3 is 2.40 bits per heavy atom. The largest absolute Gasteiger partial charge is 0.236 e. The molecule has 0 fully saturated rings. The highest BCUT2D eigenvalue weighted by Crippen LogP contribution is 2.07. The van der Waals surface area contributed by atoms with Crippen LogP contribution < -0.4 is 0 Å². The summed E-state index contributed by atoms with van der Waals surface area (Å²) in [5.74, 6) is 0. The zero-order valence-corrected chi connectivity index (χ0v) is 6.39. The average molecular weight is 156 g/mol. The van der Waals surface area contributed by atoms with E-state index in [1.54, 1.807) is 0 Å². The van der Waals surface area contributed by atoms with E-state index < -0.39 is 5.50 Å². The summed E-state index contributed by atoms with van der Waals surface area (Å²) in [5.41, 5.74) is -0.0487. The highest BCUT2D eigenvalue weighted by molar-refractivity contribution is 7.80. The van der Waals surface area contributed by atoms with Crippen molar-refractivity contribution in [3.05, 3.63) is 35.9 Å². The lowest BCUT2D eigenvalue weighted by Crippen LogP contribution is -1.93. The van der Waals surface area contributed by atoms with E-state index in [0.717, 1.165) is 5.56 Å². The molecule has 0 N–H and O–H groups in total. The van der Waals surface area contributed by atoms with Crippen molar-refractivity contribution in [1.29, 1.82) is 0 Å². The van der Waals surface area contributed by atoms with Crippen molar-refractivity contribution in [2.45, 2.75) is 11.9 Å². The van der Waals surface area contributed by atoms with E-state index in [1.807, 2.05) is 30.3 Å². The van der Waals surface area contributed by atoms with Gasteiger partial charge in [0.25, 0.3) is 0 Å². The first kappa shape index (κ1) is 7.61. The lowest BCUT2D eigenvalue weighted by molar-refractivity contribution is 0.454. The molecular formula is C8H9FS. The van der Waals surface area contributed by atoms with E-state index in [0.29, 0.717) is 6.42 Å². The number of alkyl halides is 1. The normalized spacial score (nSPS) is 13.0. The van der Waals surface area contributed by atoms with Gasteiger partial charge in [-0.2, -0.15) is 0 Å². The molecule has 1 rings (SSSR count). The molecule has 1 atom stereocenters. The number of rotatable bonds is 2. The van der Waals surface area contributed by atoms with Crippen molar-refractivity contribution in [2.75, 3.05) is 0 Å². The van der Waals surface area contributed by atoms with Crippen LogP contribution in [0.4, 0.5) is 4.39 Å². The Kier molecular flexibility index (Phi) is 2.75. The molecule has 0 saturated heterocycles. The number of hydrogen-bond acceptors (Lipinski definition) is 1. The maximum absolute atomic E-state index is 12.3. The van der Waals surface area contributed by atoms with Crippen molar-refractivity contribution in [2.24, 2.45) is 0 Å². The second kappa shape index (κ2) is 3.62. The van der Waals surface area contributed by atoms with E-state index in [9.17, 15) is 4.39 Å². The third-order valence-corrected chi connectivity index (χ3v) is 1.43. The van der Waals surface area contributed by atoms with Crippen molar-refractivity contribution in [1.82, 2.24) is 0 Å². The van der Waals surface area contributed by atoms with Crippen LogP contribution in [0.25, 0.3) is 0 Å². The van der Waals surface area contributed by atoms with Crippen LogP contribution in [0.15, 0.2) is 30.3 Å². The molecule has 0 spiro atoms. The molecule has 0 aliphatic rings. The zero-order chi connectivity index (χ0) is 7.40. The Bertz CT molecular complexity index is 184. The van der Waals surface area contributed by atoms with E-state index >= 15 is 0 Å². The number of hydrogen-bond donors (Lipinski definition) is 1. The minimum Gasteiger partial charge on any atom is -0.236 e. The van der Waals surface area contributed by atoms with Gasteiger partial charge in [0.15, 0.2) is 0 Å². The van der Waals surface area contributed by atoms with Gasteiger partial charge in [-0.25, -0.2) is 4.39 Å². The Hall–Kier alpha value is -0.500. The Labute approximate surface area is 65.5 Å². The molecule has 0 aliphatic heterocycles. The summed E-state index contributed by atoms with van der Waals surface area (Å²) in [6, 6.07) is 9.48. The van der Waals surface area contributed by atoms with Crippen LogP contribution in [0.2, 0.25) is 0 Å². The highest BCUT2D eigenvalue weighted by Gasteiger charge is 1.98. The number of benzene rings is 1. The quantitative estimate of drug-likeness (QED) is 0.625. The molecule has 0 bridgehead atoms. The fourth-order valence-corrected chi connectivity index (χ4v) is 1.02. The van der Waals surface area contributed by atoms with Crippen molar-refractivity contribution < 1.29 is 4.39 Å². The summed E-state index contributed by atoms with van der Waals surface area (Å²) in [7, 11) is 0. The predicted molar refractivity (Wildman–Crippen MR) is 44.0 cm³/mol. The Morgan fingerprint density at radius 2 is 1.90 bits per heavy atom. The van der Waals surface area contributed by atoms with Crippen LogP contribution >= 0.6 is 12.6 Å². The standard InChI is InChI=1S/C8H9FS/c9-8(10)6-7-4-2-1-3-5-7/h1-5,8,10H,6H2. The summed E-state index contributed by atoms with van der Waals surface area (Å²) < 4.78 is 12.3. The van der Waals surface area contributed by atoms with Gasteiger partial charge in [0.2, 0.25) is 0 Å². The third kappa shape index (κ3) is 2.40. The summed E-state index contributed by atoms with van der Waals surface area (Å²) in [6.45, 7) is 0. The molecule has 0 nitrogen and oxygen atoms in total. The van der Waals surface area contributed by atoms with Crippen LogP contribution in [0.1, 0.15) is 5.56 Å². The van der Waals surface area contributed by atoms with Gasteiger partial charge in [-0.3, -0.25) is 0 Å². The van der Waals surface area contributed by atoms with Crippen molar-refractivity contribution in [3.63, 3.8) is 0 Å². The average Bonchev–Trinajstić information content (AvgIpc) is 1.88. The van der Waals surface area contributed by atoms with Gasteiger partial charge < -0.3 is 0 Å². The second-order valence-corrected chi connectivity index (χ2v) is 2.68. The van der Waals surface area contributed by atoms with Gasteiger partial charge >= 0.3 is 0 Å². The van der Waals surface area contributed by atoms with Gasteiger partial charge in [0, 0.05) is 6.42 Å². The minimum atomic E-state index is -1.04. The first-order chi connectivity index (χ1) is 4.79. The Balaban J connectivity index is 2.59. The SMILES string of the molecule is FC(S)Cc1ccccc1. The van der Waals surface area contributed by atoms with E-state index in [1.165, 1.54) is 0 Å². The van der Waals surface area contributed by atoms with Gasteiger partial charge in [0.1, 0.15) is 5.50 Å².